The third-order valence-electron chi connectivity index (χ3n) is 1.89. The minimum Gasteiger partial charge on any atom is -0.495 e. The van der Waals surface area contributed by atoms with Gasteiger partial charge in [-0.25, -0.2) is 4.98 Å². The van der Waals surface area contributed by atoms with Crippen molar-refractivity contribution < 1.29 is 4.74 Å². The van der Waals surface area contributed by atoms with Gasteiger partial charge >= 0.3 is 0 Å². The Labute approximate surface area is 74.7 Å². The summed E-state index contributed by atoms with van der Waals surface area (Å²) in [5.74, 6) is 0.967. The zero-order valence-corrected chi connectivity index (χ0v) is 7.16. The number of anilines is 2. The Balaban J connectivity index is 2.78. The molecule has 0 bridgehead atoms. The summed E-state index contributed by atoms with van der Waals surface area (Å²) in [4.78, 5) is 6.92. The van der Waals surface area contributed by atoms with E-state index in [0.717, 1.165) is 5.52 Å². The van der Waals surface area contributed by atoms with Crippen molar-refractivity contribution in [2.75, 3.05) is 18.6 Å². The number of rotatable bonds is 1. The SMILES string of the molecule is COc1ccc2[nH]c(N)nc2c1N. The number of aromatic amines is 1. The molecule has 13 heavy (non-hydrogen) atoms. The van der Waals surface area contributed by atoms with Gasteiger partial charge in [-0.1, -0.05) is 0 Å². The van der Waals surface area contributed by atoms with Crippen LogP contribution < -0.4 is 16.2 Å². The smallest absolute Gasteiger partial charge is 0.198 e. The number of nitrogen functional groups attached to an aromatic ring is 2. The molecule has 0 aliphatic rings. The molecule has 68 valence electrons. The number of fused-ring (bicyclic) bond motifs is 1. The van der Waals surface area contributed by atoms with Crippen LogP contribution in [0, 0.1) is 0 Å². The second-order valence-corrected chi connectivity index (χ2v) is 2.70. The van der Waals surface area contributed by atoms with Crippen molar-refractivity contribution in [3.63, 3.8) is 0 Å². The standard InChI is InChI=1S/C8H10N4O/c1-13-5-3-2-4-7(6(5)9)12-8(10)11-4/h2-3H,9H2,1H3,(H3,10,11,12). The highest BCUT2D eigenvalue weighted by Gasteiger charge is 2.07. The van der Waals surface area contributed by atoms with Gasteiger partial charge in [-0.2, -0.15) is 0 Å². The highest BCUT2D eigenvalue weighted by molar-refractivity contribution is 5.91. The predicted molar refractivity (Wildman–Crippen MR) is 51.5 cm³/mol. The average Bonchev–Trinajstić information content (AvgIpc) is 2.47. The Bertz CT molecular complexity index is 449. The third kappa shape index (κ3) is 1.05. The van der Waals surface area contributed by atoms with Crippen molar-refractivity contribution in [2.24, 2.45) is 0 Å². The highest BCUT2D eigenvalue weighted by atomic mass is 16.5. The van der Waals surface area contributed by atoms with E-state index in [-0.39, 0.29) is 0 Å². The summed E-state index contributed by atoms with van der Waals surface area (Å²) in [6.07, 6.45) is 0. The van der Waals surface area contributed by atoms with Crippen molar-refractivity contribution in [3.05, 3.63) is 12.1 Å². The number of nitrogens with one attached hydrogen (secondary N) is 1. The number of hydrogen-bond acceptors (Lipinski definition) is 4. The second-order valence-electron chi connectivity index (χ2n) is 2.70. The molecule has 0 saturated carbocycles. The largest absolute Gasteiger partial charge is 0.495 e. The van der Waals surface area contributed by atoms with E-state index in [4.69, 9.17) is 16.2 Å². The molecule has 2 rings (SSSR count). The van der Waals surface area contributed by atoms with Gasteiger partial charge in [0.15, 0.2) is 5.95 Å². The summed E-state index contributed by atoms with van der Waals surface area (Å²) in [6, 6.07) is 3.60. The molecule has 0 atom stereocenters. The van der Waals surface area contributed by atoms with Crippen molar-refractivity contribution in [3.8, 4) is 5.75 Å². The number of nitrogens with zero attached hydrogens (tertiary/aromatic N) is 1. The molecule has 0 amide bonds. The minimum absolute atomic E-state index is 0.356. The lowest BCUT2D eigenvalue weighted by Crippen LogP contribution is -1.93. The zero-order valence-electron chi connectivity index (χ0n) is 7.16. The first-order chi connectivity index (χ1) is 6.22. The van der Waals surface area contributed by atoms with Crippen LogP contribution in [0.5, 0.6) is 5.75 Å². The van der Waals surface area contributed by atoms with Crippen LogP contribution in [-0.4, -0.2) is 17.1 Å². The first-order valence-electron chi connectivity index (χ1n) is 3.80. The summed E-state index contributed by atoms with van der Waals surface area (Å²) >= 11 is 0. The number of aromatic nitrogens is 2. The quantitative estimate of drug-likeness (QED) is 0.561. The molecule has 0 aliphatic heterocycles. The van der Waals surface area contributed by atoms with Crippen LogP contribution in [0.15, 0.2) is 12.1 Å². The number of methoxy groups -OCH3 is 1. The van der Waals surface area contributed by atoms with E-state index in [0.29, 0.717) is 22.9 Å². The molecular weight excluding hydrogens is 168 g/mol. The van der Waals surface area contributed by atoms with Crippen LogP contribution >= 0.6 is 0 Å². The molecule has 1 heterocycles. The maximum Gasteiger partial charge on any atom is 0.198 e. The van der Waals surface area contributed by atoms with Gasteiger partial charge in [-0.05, 0) is 12.1 Å². The first kappa shape index (κ1) is 7.72. The maximum atomic E-state index is 5.78. The molecule has 0 aliphatic carbocycles. The molecule has 0 spiro atoms. The normalized spacial score (nSPS) is 10.5. The highest BCUT2D eigenvalue weighted by Crippen LogP contribution is 2.28. The van der Waals surface area contributed by atoms with E-state index < -0.39 is 0 Å². The lowest BCUT2D eigenvalue weighted by molar-refractivity contribution is 0.417. The van der Waals surface area contributed by atoms with E-state index in [9.17, 15) is 0 Å². The van der Waals surface area contributed by atoms with Crippen LogP contribution in [0.1, 0.15) is 0 Å². The van der Waals surface area contributed by atoms with Gasteiger partial charge < -0.3 is 21.2 Å². The maximum absolute atomic E-state index is 5.78. The number of ether oxygens (including phenoxy) is 1. The van der Waals surface area contributed by atoms with Gasteiger partial charge in [0, 0.05) is 0 Å². The topological polar surface area (TPSA) is 90.0 Å². The lowest BCUT2D eigenvalue weighted by Gasteiger charge is -2.02. The summed E-state index contributed by atoms with van der Waals surface area (Å²) in [5.41, 5.74) is 13.2. The molecule has 2 aromatic rings. The fourth-order valence-corrected chi connectivity index (χ4v) is 1.28. The van der Waals surface area contributed by atoms with Gasteiger partial charge in [0.05, 0.1) is 12.6 Å². The number of H-pyrrole nitrogens is 1. The molecule has 0 saturated heterocycles. The Morgan fingerprint density at radius 3 is 2.85 bits per heavy atom. The lowest BCUT2D eigenvalue weighted by atomic mass is 10.2. The fraction of sp³-hybridized carbons (Fsp3) is 0.125. The van der Waals surface area contributed by atoms with E-state index in [1.807, 2.05) is 6.07 Å². The predicted octanol–water partition coefficient (Wildman–Crippen LogP) is 0.736. The zero-order chi connectivity index (χ0) is 9.42. The van der Waals surface area contributed by atoms with Crippen LogP contribution in [0.25, 0.3) is 11.0 Å². The van der Waals surface area contributed by atoms with Gasteiger partial charge in [0.25, 0.3) is 0 Å². The Hall–Kier alpha value is -1.91. The monoisotopic (exact) mass is 178 g/mol. The molecule has 0 unspecified atom stereocenters. The number of nitrogens with two attached hydrogens (primary N) is 2. The first-order valence-corrected chi connectivity index (χ1v) is 3.80. The number of imidazole rings is 1. The van der Waals surface area contributed by atoms with Crippen LogP contribution in [0.3, 0.4) is 0 Å². The van der Waals surface area contributed by atoms with Gasteiger partial charge in [0.1, 0.15) is 17.0 Å². The summed E-state index contributed by atoms with van der Waals surface area (Å²) in [6.45, 7) is 0. The number of hydrogen-bond donors (Lipinski definition) is 3. The molecule has 5 heteroatoms. The van der Waals surface area contributed by atoms with E-state index in [1.165, 1.54) is 0 Å². The molecule has 1 aromatic carbocycles. The van der Waals surface area contributed by atoms with Crippen molar-refractivity contribution in [2.45, 2.75) is 0 Å². The van der Waals surface area contributed by atoms with E-state index in [2.05, 4.69) is 9.97 Å². The minimum atomic E-state index is 0.356. The average molecular weight is 178 g/mol. The van der Waals surface area contributed by atoms with Crippen molar-refractivity contribution >= 4 is 22.7 Å². The molecule has 0 radical (unpaired) electrons. The van der Waals surface area contributed by atoms with Gasteiger partial charge in [-0.3, -0.25) is 0 Å². The van der Waals surface area contributed by atoms with Crippen LogP contribution in [0.4, 0.5) is 11.6 Å². The molecule has 5 nitrogen and oxygen atoms in total. The van der Waals surface area contributed by atoms with Crippen LogP contribution in [-0.2, 0) is 0 Å². The Kier molecular flexibility index (Phi) is 1.51. The van der Waals surface area contributed by atoms with E-state index >= 15 is 0 Å². The van der Waals surface area contributed by atoms with Gasteiger partial charge in [-0.15, -0.1) is 0 Å². The Morgan fingerprint density at radius 1 is 1.38 bits per heavy atom. The molecule has 1 aromatic heterocycles. The molecular formula is C8H10N4O. The van der Waals surface area contributed by atoms with Crippen LogP contribution in [0.2, 0.25) is 0 Å². The Morgan fingerprint density at radius 2 is 2.15 bits per heavy atom. The van der Waals surface area contributed by atoms with Crippen molar-refractivity contribution in [1.29, 1.82) is 0 Å². The summed E-state index contributed by atoms with van der Waals surface area (Å²) in [5, 5.41) is 0. The summed E-state index contributed by atoms with van der Waals surface area (Å²) < 4.78 is 5.04. The molecule has 5 N–H and O–H groups in total. The third-order valence-corrected chi connectivity index (χ3v) is 1.89. The van der Waals surface area contributed by atoms with Crippen molar-refractivity contribution in [1.82, 2.24) is 9.97 Å². The van der Waals surface area contributed by atoms with Gasteiger partial charge in [0.2, 0.25) is 0 Å². The fourth-order valence-electron chi connectivity index (χ4n) is 1.28. The molecule has 0 fully saturated rings. The number of benzene rings is 1. The van der Waals surface area contributed by atoms with E-state index in [1.54, 1.807) is 13.2 Å². The second kappa shape index (κ2) is 2.55. The summed E-state index contributed by atoms with van der Waals surface area (Å²) in [7, 11) is 1.56.